The summed E-state index contributed by atoms with van der Waals surface area (Å²) in [5, 5.41) is 10.0. The number of carbonyl (C=O) groups is 2. The van der Waals surface area contributed by atoms with Crippen LogP contribution in [0.15, 0.2) is 34.5 Å². The predicted octanol–water partition coefficient (Wildman–Crippen LogP) is 3.80. The normalized spacial score (nSPS) is 22.6. The molecular formula is C24H31NO6. The Labute approximate surface area is 183 Å². The number of esters is 1. The number of benzene rings is 1. The largest absolute Gasteiger partial charge is 0.504 e. The van der Waals surface area contributed by atoms with Crippen molar-refractivity contribution < 1.29 is 28.9 Å². The molecule has 1 aromatic carbocycles. The summed E-state index contributed by atoms with van der Waals surface area (Å²) >= 11 is 0. The third kappa shape index (κ3) is 4.82. The van der Waals surface area contributed by atoms with E-state index in [4.69, 9.17) is 19.2 Å². The molecule has 0 amide bonds. The Kier molecular flexibility index (Phi) is 6.84. The number of methoxy groups -OCH3 is 1. The Balaban J connectivity index is 2.07. The van der Waals surface area contributed by atoms with Crippen LogP contribution in [0.3, 0.4) is 0 Å². The molecule has 31 heavy (non-hydrogen) atoms. The molecule has 1 N–H and O–H groups in total. The van der Waals surface area contributed by atoms with Gasteiger partial charge in [0.15, 0.2) is 11.5 Å². The summed E-state index contributed by atoms with van der Waals surface area (Å²) in [6.07, 6.45) is 1.09. The first-order chi connectivity index (χ1) is 14.7. The van der Waals surface area contributed by atoms with Gasteiger partial charge in [-0.3, -0.25) is 9.79 Å². The highest BCUT2D eigenvalue weighted by Gasteiger charge is 2.47. The van der Waals surface area contributed by atoms with Crippen LogP contribution >= 0.6 is 0 Å². The number of carbonyl (C=O) groups excluding carboxylic acids is 2. The smallest absolute Gasteiger partial charge is 0.336 e. The van der Waals surface area contributed by atoms with Crippen LogP contribution in [-0.4, -0.2) is 49.5 Å². The second kappa shape index (κ2) is 9.22. The molecule has 168 valence electrons. The van der Waals surface area contributed by atoms with Crippen LogP contribution in [0.2, 0.25) is 0 Å². The second-order valence-electron chi connectivity index (χ2n) is 8.81. The fourth-order valence-electron chi connectivity index (χ4n) is 4.52. The van der Waals surface area contributed by atoms with Crippen molar-refractivity contribution in [3.05, 3.63) is 35.0 Å². The Morgan fingerprint density at radius 2 is 1.97 bits per heavy atom. The molecule has 3 rings (SSSR count). The van der Waals surface area contributed by atoms with Crippen molar-refractivity contribution in [3.63, 3.8) is 0 Å². The minimum absolute atomic E-state index is 0.00593. The van der Waals surface area contributed by atoms with E-state index in [2.05, 4.69) is 13.8 Å². The maximum atomic E-state index is 13.3. The number of phenols is 1. The lowest BCUT2D eigenvalue weighted by Crippen LogP contribution is -2.44. The van der Waals surface area contributed by atoms with Crippen molar-refractivity contribution in [2.24, 2.45) is 16.3 Å². The molecule has 1 aromatic rings. The molecule has 2 aliphatic rings. The van der Waals surface area contributed by atoms with Crippen LogP contribution in [0, 0.1) is 11.3 Å². The van der Waals surface area contributed by atoms with E-state index >= 15 is 0 Å². The van der Waals surface area contributed by atoms with Gasteiger partial charge in [0.2, 0.25) is 0 Å². The first-order valence-electron chi connectivity index (χ1n) is 10.6. The van der Waals surface area contributed by atoms with Crippen LogP contribution in [0.4, 0.5) is 0 Å². The number of aliphatic imine (C=N–C) groups is 1. The number of fused-ring (bicyclic) bond motifs is 1. The van der Waals surface area contributed by atoms with Crippen molar-refractivity contribution in [2.45, 2.75) is 46.5 Å². The summed E-state index contributed by atoms with van der Waals surface area (Å²) in [6, 6.07) is 4.92. The molecule has 1 saturated carbocycles. The first kappa shape index (κ1) is 23.0. The zero-order chi connectivity index (χ0) is 22.8. The Morgan fingerprint density at radius 1 is 1.23 bits per heavy atom. The maximum absolute atomic E-state index is 13.3. The van der Waals surface area contributed by atoms with E-state index in [1.807, 2.05) is 6.92 Å². The lowest BCUT2D eigenvalue weighted by Gasteiger charge is -2.41. The summed E-state index contributed by atoms with van der Waals surface area (Å²) in [4.78, 5) is 31.1. The number of phenolic OH excluding ortho intramolecular Hbond substituents is 1. The van der Waals surface area contributed by atoms with Gasteiger partial charge in [-0.2, -0.15) is 0 Å². The molecule has 7 nitrogen and oxygen atoms in total. The highest BCUT2D eigenvalue weighted by atomic mass is 16.6. The molecule has 1 fully saturated rings. The van der Waals surface area contributed by atoms with E-state index in [1.165, 1.54) is 13.2 Å². The first-order valence-corrected chi connectivity index (χ1v) is 10.6. The molecular weight excluding hydrogens is 398 g/mol. The standard InChI is InChI=1S/C24H31NO6/c1-6-30-9-10-31-23(28)20-14(2)25-16-12-24(3,4)13-18(27)22(16)21(20)15-7-8-17(26)19(11-15)29-5/h7-8,11,21-22,26H,6,9-10,12-13H2,1-5H3. The highest BCUT2D eigenvalue weighted by Crippen LogP contribution is 2.48. The predicted molar refractivity (Wildman–Crippen MR) is 116 cm³/mol. The van der Waals surface area contributed by atoms with Crippen LogP contribution in [0.25, 0.3) is 0 Å². The molecule has 0 bridgehead atoms. The number of allylic oxidation sites excluding steroid dienone is 1. The highest BCUT2D eigenvalue weighted by molar-refractivity contribution is 6.12. The number of hydrogen-bond acceptors (Lipinski definition) is 7. The van der Waals surface area contributed by atoms with E-state index in [1.54, 1.807) is 19.1 Å². The van der Waals surface area contributed by atoms with E-state index in [9.17, 15) is 14.7 Å². The van der Waals surface area contributed by atoms with Gasteiger partial charge in [-0.05, 0) is 43.4 Å². The van der Waals surface area contributed by atoms with Crippen LogP contribution < -0.4 is 4.74 Å². The van der Waals surface area contributed by atoms with Crippen LogP contribution in [0.1, 0.15) is 52.0 Å². The van der Waals surface area contributed by atoms with Gasteiger partial charge in [-0.15, -0.1) is 0 Å². The summed E-state index contributed by atoms with van der Waals surface area (Å²) < 4.78 is 16.0. The van der Waals surface area contributed by atoms with Gasteiger partial charge in [0.1, 0.15) is 12.4 Å². The molecule has 7 heteroatoms. The quantitative estimate of drug-likeness (QED) is 0.523. The van der Waals surface area contributed by atoms with Crippen LogP contribution in [-0.2, 0) is 19.1 Å². The molecule has 0 radical (unpaired) electrons. The Morgan fingerprint density at radius 3 is 2.65 bits per heavy atom. The number of aromatic hydroxyl groups is 1. The monoisotopic (exact) mass is 429 g/mol. The zero-order valence-corrected chi connectivity index (χ0v) is 18.9. The Hall–Kier alpha value is -2.67. The van der Waals surface area contributed by atoms with E-state index in [0.717, 1.165) is 5.71 Å². The molecule has 0 aromatic heterocycles. The molecule has 2 atom stereocenters. The second-order valence-corrected chi connectivity index (χ2v) is 8.81. The fraction of sp³-hybridized carbons (Fsp3) is 0.542. The van der Waals surface area contributed by atoms with Crippen molar-refractivity contribution in [1.29, 1.82) is 0 Å². The topological polar surface area (TPSA) is 94.4 Å². The lowest BCUT2D eigenvalue weighted by molar-refractivity contribution is -0.141. The average Bonchev–Trinajstić information content (AvgIpc) is 2.69. The maximum Gasteiger partial charge on any atom is 0.336 e. The molecule has 1 aliphatic carbocycles. The number of nitrogens with zero attached hydrogens (tertiary/aromatic N) is 1. The lowest BCUT2D eigenvalue weighted by atomic mass is 9.63. The van der Waals surface area contributed by atoms with E-state index < -0.39 is 17.8 Å². The number of hydrogen-bond donors (Lipinski definition) is 1. The van der Waals surface area contributed by atoms with Gasteiger partial charge in [0, 0.05) is 30.4 Å². The number of rotatable bonds is 7. The number of ketones is 1. The van der Waals surface area contributed by atoms with Crippen molar-refractivity contribution >= 4 is 17.5 Å². The average molecular weight is 430 g/mol. The molecule has 2 unspecified atom stereocenters. The van der Waals surface area contributed by atoms with Crippen molar-refractivity contribution in [3.8, 4) is 11.5 Å². The summed E-state index contributed by atoms with van der Waals surface area (Å²) in [7, 11) is 1.46. The van der Waals surface area contributed by atoms with Gasteiger partial charge in [0.25, 0.3) is 0 Å². The molecule has 1 aliphatic heterocycles. The van der Waals surface area contributed by atoms with Gasteiger partial charge in [0.05, 0.1) is 25.2 Å². The molecule has 1 heterocycles. The van der Waals surface area contributed by atoms with E-state index in [0.29, 0.717) is 42.9 Å². The summed E-state index contributed by atoms with van der Waals surface area (Å²) in [5.41, 5.74) is 2.23. The third-order valence-electron chi connectivity index (χ3n) is 5.81. The van der Waals surface area contributed by atoms with Crippen molar-refractivity contribution in [1.82, 2.24) is 0 Å². The fourth-order valence-corrected chi connectivity index (χ4v) is 4.52. The summed E-state index contributed by atoms with van der Waals surface area (Å²) in [6.45, 7) is 8.72. The van der Waals surface area contributed by atoms with Crippen LogP contribution in [0.5, 0.6) is 11.5 Å². The number of ether oxygens (including phenoxy) is 3. The Bertz CT molecular complexity index is 930. The molecule has 0 saturated heterocycles. The zero-order valence-electron chi connectivity index (χ0n) is 18.9. The van der Waals surface area contributed by atoms with Gasteiger partial charge in [-0.1, -0.05) is 19.9 Å². The minimum Gasteiger partial charge on any atom is -0.504 e. The van der Waals surface area contributed by atoms with Gasteiger partial charge < -0.3 is 19.3 Å². The van der Waals surface area contributed by atoms with Gasteiger partial charge in [-0.25, -0.2) is 4.79 Å². The minimum atomic E-state index is -0.551. The summed E-state index contributed by atoms with van der Waals surface area (Å²) in [5.74, 6) is -1.26. The number of Topliss-reactive ketones (excluding diaryl/α,β-unsaturated/α-hetero) is 1. The van der Waals surface area contributed by atoms with Crippen molar-refractivity contribution in [2.75, 3.05) is 26.9 Å². The molecule has 0 spiro atoms. The van der Waals surface area contributed by atoms with Gasteiger partial charge >= 0.3 is 5.97 Å². The van der Waals surface area contributed by atoms with E-state index in [-0.39, 0.29) is 29.3 Å². The third-order valence-corrected chi connectivity index (χ3v) is 5.81. The SMILES string of the molecule is CCOCCOC(=O)C1=C(C)N=C2CC(C)(C)CC(=O)C2C1c1ccc(O)c(OC)c1.